The summed E-state index contributed by atoms with van der Waals surface area (Å²) in [6, 6.07) is 7.61. The Bertz CT molecular complexity index is 755. The zero-order valence-electron chi connectivity index (χ0n) is 16.7. The molecule has 150 valence electrons. The van der Waals surface area contributed by atoms with Gasteiger partial charge < -0.3 is 15.0 Å². The van der Waals surface area contributed by atoms with Crippen LogP contribution in [0.3, 0.4) is 0 Å². The van der Waals surface area contributed by atoms with Crippen LogP contribution < -0.4 is 15.0 Å². The van der Waals surface area contributed by atoms with Crippen LogP contribution in [0.15, 0.2) is 24.3 Å². The Balaban J connectivity index is 1.29. The van der Waals surface area contributed by atoms with Crippen LogP contribution in [0, 0.1) is 23.7 Å². The fourth-order valence-electron chi connectivity index (χ4n) is 6.70. The summed E-state index contributed by atoms with van der Waals surface area (Å²) in [6.45, 7) is 2.93. The Morgan fingerprint density at radius 2 is 1.79 bits per heavy atom. The van der Waals surface area contributed by atoms with Crippen LogP contribution in [0.5, 0.6) is 5.75 Å². The molecule has 5 heteroatoms. The number of para-hydroxylation sites is 2. The topological polar surface area (TPSA) is 58.6 Å². The van der Waals surface area contributed by atoms with Gasteiger partial charge in [-0.3, -0.25) is 9.59 Å². The molecule has 1 aromatic rings. The summed E-state index contributed by atoms with van der Waals surface area (Å²) in [5, 5.41) is 3.45. The lowest BCUT2D eigenvalue weighted by Crippen LogP contribution is -2.60. The maximum Gasteiger partial charge on any atom is 0.227 e. The highest BCUT2D eigenvalue weighted by atomic mass is 16.5. The van der Waals surface area contributed by atoms with Gasteiger partial charge in [-0.25, -0.2) is 0 Å². The summed E-state index contributed by atoms with van der Waals surface area (Å²) in [5.41, 5.74) is 0.783. The third-order valence-corrected chi connectivity index (χ3v) is 7.38. The fourth-order valence-corrected chi connectivity index (χ4v) is 6.70. The van der Waals surface area contributed by atoms with Crippen molar-refractivity contribution in [1.29, 1.82) is 0 Å². The zero-order valence-corrected chi connectivity index (χ0v) is 16.7. The largest absolute Gasteiger partial charge is 0.492 e. The van der Waals surface area contributed by atoms with Gasteiger partial charge in [-0.1, -0.05) is 12.1 Å². The second-order valence-corrected chi connectivity index (χ2v) is 9.49. The third kappa shape index (κ3) is 3.09. The number of carbonyl (C=O) groups excluding carboxylic acids is 2. The van der Waals surface area contributed by atoms with Gasteiger partial charge in [-0.15, -0.1) is 0 Å². The first-order valence-corrected chi connectivity index (χ1v) is 10.9. The summed E-state index contributed by atoms with van der Waals surface area (Å²) in [5.74, 6) is 2.92. The number of nitrogens with zero attached hydrogens (tertiary/aromatic N) is 1. The Morgan fingerprint density at radius 1 is 1.14 bits per heavy atom. The summed E-state index contributed by atoms with van der Waals surface area (Å²) in [7, 11) is 0. The van der Waals surface area contributed by atoms with Crippen LogP contribution in [-0.4, -0.2) is 30.5 Å². The molecule has 1 N–H and O–H groups in total. The number of hydrogen-bond acceptors (Lipinski definition) is 3. The van der Waals surface area contributed by atoms with Gasteiger partial charge in [0.1, 0.15) is 5.75 Å². The van der Waals surface area contributed by atoms with Crippen molar-refractivity contribution in [2.45, 2.75) is 57.4 Å². The minimum atomic E-state index is -0.268. The molecule has 5 aliphatic rings. The average Bonchev–Trinajstić information content (AvgIpc) is 3.03. The summed E-state index contributed by atoms with van der Waals surface area (Å²) in [6.07, 6.45) is 7.79. The minimum Gasteiger partial charge on any atom is -0.492 e. The summed E-state index contributed by atoms with van der Waals surface area (Å²) >= 11 is 0. The molecule has 0 aromatic heterocycles. The van der Waals surface area contributed by atoms with Crippen molar-refractivity contribution in [1.82, 2.24) is 5.32 Å². The SMILES string of the molecule is CCOc1ccccc1N1CC(C(=O)NC23CC4CC(CC(C4)C2)C3)CC1=O. The van der Waals surface area contributed by atoms with Crippen LogP contribution in [0.1, 0.15) is 51.9 Å². The van der Waals surface area contributed by atoms with Gasteiger partial charge in [-0.2, -0.15) is 0 Å². The molecule has 2 amide bonds. The van der Waals surface area contributed by atoms with E-state index in [2.05, 4.69) is 5.32 Å². The van der Waals surface area contributed by atoms with Crippen LogP contribution in [0.2, 0.25) is 0 Å². The number of hydrogen-bond donors (Lipinski definition) is 1. The molecule has 28 heavy (non-hydrogen) atoms. The number of rotatable bonds is 5. The predicted molar refractivity (Wildman–Crippen MR) is 107 cm³/mol. The van der Waals surface area contributed by atoms with Gasteiger partial charge in [0.05, 0.1) is 18.2 Å². The smallest absolute Gasteiger partial charge is 0.227 e. The number of anilines is 1. The van der Waals surface area contributed by atoms with Gasteiger partial charge in [0.2, 0.25) is 11.8 Å². The van der Waals surface area contributed by atoms with Gasteiger partial charge in [-0.05, 0) is 75.3 Å². The van der Waals surface area contributed by atoms with E-state index in [1.54, 1.807) is 4.90 Å². The van der Waals surface area contributed by atoms with E-state index in [1.807, 2.05) is 31.2 Å². The second kappa shape index (κ2) is 6.78. The predicted octanol–water partition coefficient (Wildman–Crippen LogP) is 3.52. The number of ether oxygens (including phenoxy) is 1. The lowest BCUT2D eigenvalue weighted by Gasteiger charge is -2.57. The van der Waals surface area contributed by atoms with E-state index in [0.29, 0.717) is 25.3 Å². The molecule has 4 aliphatic carbocycles. The van der Waals surface area contributed by atoms with Crippen LogP contribution in [0.4, 0.5) is 5.69 Å². The highest BCUT2D eigenvalue weighted by Gasteiger charge is 2.52. The fraction of sp³-hybridized carbons (Fsp3) is 0.652. The maximum absolute atomic E-state index is 13.1. The molecule has 4 bridgehead atoms. The monoisotopic (exact) mass is 382 g/mol. The molecule has 0 spiro atoms. The molecule has 0 radical (unpaired) electrons. The van der Waals surface area contributed by atoms with E-state index < -0.39 is 0 Å². The number of benzene rings is 1. The molecule has 1 aromatic carbocycles. The number of carbonyl (C=O) groups is 2. The molecular weight excluding hydrogens is 352 g/mol. The molecule has 1 saturated heterocycles. The van der Waals surface area contributed by atoms with E-state index >= 15 is 0 Å². The quantitative estimate of drug-likeness (QED) is 0.848. The van der Waals surface area contributed by atoms with Crippen molar-refractivity contribution < 1.29 is 14.3 Å². The third-order valence-electron chi connectivity index (χ3n) is 7.38. The Labute approximate surface area is 166 Å². The summed E-state index contributed by atoms with van der Waals surface area (Å²) in [4.78, 5) is 27.6. The van der Waals surface area contributed by atoms with Crippen molar-refractivity contribution in [3.05, 3.63) is 24.3 Å². The van der Waals surface area contributed by atoms with Crippen molar-refractivity contribution in [2.24, 2.45) is 23.7 Å². The van der Waals surface area contributed by atoms with Crippen molar-refractivity contribution in [2.75, 3.05) is 18.1 Å². The van der Waals surface area contributed by atoms with Crippen molar-refractivity contribution in [3.8, 4) is 5.75 Å². The first-order chi connectivity index (χ1) is 13.5. The molecule has 5 fully saturated rings. The second-order valence-electron chi connectivity index (χ2n) is 9.49. The normalized spacial score (nSPS) is 36.0. The standard InChI is InChI=1S/C23H30N2O3/c1-2-28-20-6-4-3-5-19(20)25-14-18(10-21(25)26)22(27)24-23-11-15-7-16(12-23)9-17(8-15)13-23/h3-6,15-18H,2,7-14H2,1H3,(H,24,27). The number of amides is 2. The van der Waals surface area contributed by atoms with Gasteiger partial charge in [0.25, 0.3) is 0 Å². The van der Waals surface area contributed by atoms with E-state index in [0.717, 1.165) is 42.7 Å². The Hall–Kier alpha value is -2.04. The van der Waals surface area contributed by atoms with E-state index in [4.69, 9.17) is 4.74 Å². The molecular formula is C23H30N2O3. The van der Waals surface area contributed by atoms with E-state index in [9.17, 15) is 9.59 Å². The Kier molecular flexibility index (Phi) is 4.37. The van der Waals surface area contributed by atoms with E-state index in [-0.39, 0.29) is 23.3 Å². The van der Waals surface area contributed by atoms with Crippen molar-refractivity contribution in [3.63, 3.8) is 0 Å². The van der Waals surface area contributed by atoms with Crippen LogP contribution >= 0.6 is 0 Å². The maximum atomic E-state index is 13.1. The van der Waals surface area contributed by atoms with E-state index in [1.165, 1.54) is 19.3 Å². The molecule has 1 heterocycles. The highest BCUT2D eigenvalue weighted by molar-refractivity contribution is 6.01. The lowest BCUT2D eigenvalue weighted by atomic mass is 9.53. The average molecular weight is 383 g/mol. The molecule has 4 saturated carbocycles. The van der Waals surface area contributed by atoms with Crippen LogP contribution in [0.25, 0.3) is 0 Å². The summed E-state index contributed by atoms with van der Waals surface area (Å²) < 4.78 is 5.69. The van der Waals surface area contributed by atoms with Crippen LogP contribution in [-0.2, 0) is 9.59 Å². The molecule has 6 rings (SSSR count). The zero-order chi connectivity index (χ0) is 19.3. The highest BCUT2D eigenvalue weighted by Crippen LogP contribution is 2.55. The first kappa shape index (κ1) is 18.0. The van der Waals surface area contributed by atoms with Gasteiger partial charge in [0.15, 0.2) is 0 Å². The lowest BCUT2D eigenvalue weighted by molar-refractivity contribution is -0.131. The van der Waals surface area contributed by atoms with Gasteiger partial charge >= 0.3 is 0 Å². The Morgan fingerprint density at radius 3 is 2.43 bits per heavy atom. The van der Waals surface area contributed by atoms with Crippen molar-refractivity contribution >= 4 is 17.5 Å². The van der Waals surface area contributed by atoms with Gasteiger partial charge in [0, 0.05) is 18.5 Å². The first-order valence-electron chi connectivity index (χ1n) is 10.9. The number of nitrogens with one attached hydrogen (secondary N) is 1. The molecule has 1 atom stereocenters. The molecule has 5 nitrogen and oxygen atoms in total. The molecule has 1 unspecified atom stereocenters. The molecule has 1 aliphatic heterocycles. The minimum absolute atomic E-state index is 0.00549.